The monoisotopic (exact) mass is 535 g/mol. The molecule has 9 heteroatoms. The Hall–Kier alpha value is -3.40. The third kappa shape index (κ3) is 6.49. The summed E-state index contributed by atoms with van der Waals surface area (Å²) < 4.78 is 12.2. The predicted octanol–water partition coefficient (Wildman–Crippen LogP) is 5.56. The predicted molar refractivity (Wildman–Crippen MR) is 153 cm³/mol. The number of amides is 2. The molecule has 3 aromatic rings. The van der Waals surface area contributed by atoms with Crippen molar-refractivity contribution in [3.63, 3.8) is 0 Å². The summed E-state index contributed by atoms with van der Waals surface area (Å²) in [5.41, 5.74) is 7.21. The molecule has 0 aliphatic carbocycles. The van der Waals surface area contributed by atoms with Crippen LogP contribution in [0.3, 0.4) is 0 Å². The SMILES string of the molecule is CCN(CC)CCCOc1ccc(N2C(=O)C(=Cc3ccc(-c4ccc(C(N)=O)cc4)o3)SC2=S)cc1. The van der Waals surface area contributed by atoms with Gasteiger partial charge in [0.15, 0.2) is 4.32 Å². The average Bonchev–Trinajstić information content (AvgIpc) is 3.48. The number of carbonyl (C=O) groups excluding carboxylic acids is 2. The first-order valence-corrected chi connectivity index (χ1v) is 13.3. The van der Waals surface area contributed by atoms with Crippen LogP contribution in [0.1, 0.15) is 36.4 Å². The van der Waals surface area contributed by atoms with Crippen LogP contribution in [0.4, 0.5) is 5.69 Å². The summed E-state index contributed by atoms with van der Waals surface area (Å²) in [5.74, 6) is 1.22. The largest absolute Gasteiger partial charge is 0.494 e. The molecule has 0 saturated carbocycles. The van der Waals surface area contributed by atoms with Crippen molar-refractivity contribution in [2.75, 3.05) is 31.1 Å². The van der Waals surface area contributed by atoms with Crippen molar-refractivity contribution in [3.8, 4) is 17.1 Å². The fourth-order valence-electron chi connectivity index (χ4n) is 3.91. The van der Waals surface area contributed by atoms with Crippen LogP contribution in [0.2, 0.25) is 0 Å². The topological polar surface area (TPSA) is 89.0 Å². The lowest BCUT2D eigenvalue weighted by Crippen LogP contribution is -2.27. The standard InChI is InChI=1S/C28H29N3O4S2/c1-3-30(4-2)16-5-17-34-22-12-10-21(11-13-22)31-27(33)25(37-28(31)36)18-23-14-15-24(35-23)19-6-8-20(9-7-19)26(29)32/h6-15,18H,3-5,16-17H2,1-2H3,(H2,29,32). The lowest BCUT2D eigenvalue weighted by Gasteiger charge is -2.18. The van der Waals surface area contributed by atoms with Crippen molar-refractivity contribution < 1.29 is 18.7 Å². The quantitative estimate of drug-likeness (QED) is 0.195. The van der Waals surface area contributed by atoms with Gasteiger partial charge in [0.25, 0.3) is 5.91 Å². The highest BCUT2D eigenvalue weighted by atomic mass is 32.2. The molecule has 1 aromatic heterocycles. The van der Waals surface area contributed by atoms with Gasteiger partial charge in [0.05, 0.1) is 17.2 Å². The van der Waals surface area contributed by atoms with Gasteiger partial charge >= 0.3 is 0 Å². The number of nitrogens with two attached hydrogens (primary N) is 1. The molecule has 0 atom stereocenters. The van der Waals surface area contributed by atoms with E-state index in [1.165, 1.54) is 16.7 Å². The van der Waals surface area contributed by atoms with E-state index in [1.807, 2.05) is 30.3 Å². The summed E-state index contributed by atoms with van der Waals surface area (Å²) >= 11 is 6.73. The van der Waals surface area contributed by atoms with Crippen molar-refractivity contribution in [1.82, 2.24) is 4.90 Å². The maximum Gasteiger partial charge on any atom is 0.270 e. The Morgan fingerprint density at radius 3 is 2.43 bits per heavy atom. The molecule has 2 amide bonds. The van der Waals surface area contributed by atoms with Crippen LogP contribution < -0.4 is 15.4 Å². The van der Waals surface area contributed by atoms with Gasteiger partial charge in [-0.05, 0) is 68.0 Å². The summed E-state index contributed by atoms with van der Waals surface area (Å²) in [6.07, 6.45) is 2.64. The molecule has 2 heterocycles. The average molecular weight is 536 g/mol. The second kappa shape index (κ2) is 12.2. The van der Waals surface area contributed by atoms with Crippen molar-refractivity contribution in [2.24, 2.45) is 5.73 Å². The highest BCUT2D eigenvalue weighted by Crippen LogP contribution is 2.37. The summed E-state index contributed by atoms with van der Waals surface area (Å²) in [7, 11) is 0. The number of anilines is 1. The molecule has 1 fully saturated rings. The molecule has 0 radical (unpaired) electrons. The van der Waals surface area contributed by atoms with Gasteiger partial charge in [-0.3, -0.25) is 14.5 Å². The fraction of sp³-hybridized carbons (Fsp3) is 0.250. The summed E-state index contributed by atoms with van der Waals surface area (Å²) in [6, 6.07) is 17.8. The molecule has 4 rings (SSSR count). The van der Waals surface area contributed by atoms with E-state index < -0.39 is 5.91 Å². The number of hydrogen-bond acceptors (Lipinski definition) is 7. The molecule has 1 aliphatic heterocycles. The molecule has 0 spiro atoms. The first kappa shape index (κ1) is 26.7. The third-order valence-electron chi connectivity index (χ3n) is 6.02. The number of furan rings is 1. The van der Waals surface area contributed by atoms with Crippen LogP contribution in [0, 0.1) is 0 Å². The Labute approximate surface area is 226 Å². The summed E-state index contributed by atoms with van der Waals surface area (Å²) in [5, 5.41) is 0. The maximum atomic E-state index is 13.1. The van der Waals surface area contributed by atoms with Gasteiger partial charge in [0, 0.05) is 23.7 Å². The smallest absolute Gasteiger partial charge is 0.270 e. The fourth-order valence-corrected chi connectivity index (χ4v) is 5.19. The molecular formula is C28H29N3O4S2. The third-order valence-corrected chi connectivity index (χ3v) is 7.33. The van der Waals surface area contributed by atoms with Crippen LogP contribution in [0.25, 0.3) is 17.4 Å². The molecule has 7 nitrogen and oxygen atoms in total. The minimum Gasteiger partial charge on any atom is -0.494 e. The van der Waals surface area contributed by atoms with E-state index in [2.05, 4.69) is 18.7 Å². The zero-order valence-corrected chi connectivity index (χ0v) is 22.4. The normalized spacial score (nSPS) is 14.7. The van der Waals surface area contributed by atoms with E-state index in [9.17, 15) is 9.59 Å². The Balaban J connectivity index is 1.39. The minimum atomic E-state index is -0.484. The van der Waals surface area contributed by atoms with Gasteiger partial charge in [-0.25, -0.2) is 0 Å². The van der Waals surface area contributed by atoms with Crippen LogP contribution in [0.5, 0.6) is 5.75 Å². The van der Waals surface area contributed by atoms with Gasteiger partial charge in [0.2, 0.25) is 5.91 Å². The Bertz CT molecular complexity index is 1300. The zero-order valence-electron chi connectivity index (χ0n) is 20.8. The zero-order chi connectivity index (χ0) is 26.4. The van der Waals surface area contributed by atoms with E-state index in [-0.39, 0.29) is 5.91 Å². The van der Waals surface area contributed by atoms with E-state index in [0.717, 1.165) is 37.4 Å². The molecule has 1 aliphatic rings. The van der Waals surface area contributed by atoms with E-state index in [0.29, 0.717) is 38.6 Å². The van der Waals surface area contributed by atoms with Gasteiger partial charge in [0.1, 0.15) is 17.3 Å². The van der Waals surface area contributed by atoms with Crippen LogP contribution in [-0.2, 0) is 4.79 Å². The maximum absolute atomic E-state index is 13.1. The minimum absolute atomic E-state index is 0.202. The second-order valence-corrected chi connectivity index (χ2v) is 10.1. The molecule has 37 heavy (non-hydrogen) atoms. The number of ether oxygens (including phenoxy) is 1. The number of benzene rings is 2. The van der Waals surface area contributed by atoms with E-state index in [4.69, 9.17) is 27.1 Å². The number of carbonyl (C=O) groups is 2. The number of thiocarbonyl (C=S) groups is 1. The van der Waals surface area contributed by atoms with Crippen LogP contribution in [0.15, 0.2) is 70.0 Å². The molecule has 0 bridgehead atoms. The van der Waals surface area contributed by atoms with Gasteiger partial charge in [-0.15, -0.1) is 0 Å². The summed E-state index contributed by atoms with van der Waals surface area (Å²) in [6.45, 7) is 8.04. The number of rotatable bonds is 11. The van der Waals surface area contributed by atoms with Crippen molar-refractivity contribution in [3.05, 3.63) is 76.9 Å². The number of hydrogen-bond donors (Lipinski definition) is 1. The molecule has 2 aromatic carbocycles. The van der Waals surface area contributed by atoms with Gasteiger partial charge < -0.3 is 19.8 Å². The van der Waals surface area contributed by atoms with Crippen molar-refractivity contribution in [1.29, 1.82) is 0 Å². The number of thioether (sulfide) groups is 1. The Morgan fingerprint density at radius 1 is 1.08 bits per heavy atom. The van der Waals surface area contributed by atoms with Crippen molar-refractivity contribution >= 4 is 51.9 Å². The number of nitrogens with zero attached hydrogens (tertiary/aromatic N) is 2. The Morgan fingerprint density at radius 2 is 1.78 bits per heavy atom. The molecule has 192 valence electrons. The van der Waals surface area contributed by atoms with E-state index >= 15 is 0 Å². The first-order valence-electron chi connectivity index (χ1n) is 12.1. The lowest BCUT2D eigenvalue weighted by atomic mass is 10.1. The lowest BCUT2D eigenvalue weighted by molar-refractivity contribution is -0.113. The van der Waals surface area contributed by atoms with Crippen LogP contribution >= 0.6 is 24.0 Å². The summed E-state index contributed by atoms with van der Waals surface area (Å²) in [4.78, 5) is 28.8. The number of primary amides is 1. The first-order chi connectivity index (χ1) is 17.9. The molecular weight excluding hydrogens is 506 g/mol. The Kier molecular flexibility index (Phi) is 8.81. The highest BCUT2D eigenvalue weighted by Gasteiger charge is 2.33. The van der Waals surface area contributed by atoms with Gasteiger partial charge in [-0.2, -0.15) is 0 Å². The molecule has 0 unspecified atom stereocenters. The van der Waals surface area contributed by atoms with E-state index in [1.54, 1.807) is 36.4 Å². The second-order valence-electron chi connectivity index (χ2n) is 8.38. The van der Waals surface area contributed by atoms with Gasteiger partial charge in [-0.1, -0.05) is 50.0 Å². The molecule has 2 N–H and O–H groups in total. The van der Waals surface area contributed by atoms with Crippen molar-refractivity contribution in [2.45, 2.75) is 20.3 Å². The van der Waals surface area contributed by atoms with Crippen LogP contribution in [-0.4, -0.2) is 47.3 Å². The molecule has 1 saturated heterocycles. The highest BCUT2D eigenvalue weighted by molar-refractivity contribution is 8.27.